The maximum atomic E-state index is 13.8. The number of nitro benzene ring substituents is 2. The third kappa shape index (κ3) is 11.8. The van der Waals surface area contributed by atoms with Crippen molar-refractivity contribution in [1.82, 2.24) is 9.80 Å². The lowest BCUT2D eigenvalue weighted by Crippen LogP contribution is -2.62. The van der Waals surface area contributed by atoms with E-state index in [4.69, 9.17) is 13.9 Å². The number of non-ortho nitro benzene ring substituents is 2. The van der Waals surface area contributed by atoms with Crippen molar-refractivity contribution in [3.8, 4) is 0 Å². The molecule has 3 atom stereocenters. The highest BCUT2D eigenvalue weighted by Gasteiger charge is 2.51. The molecule has 2 aromatic rings. The van der Waals surface area contributed by atoms with Gasteiger partial charge in [0.2, 0.25) is 5.91 Å². The maximum Gasteiger partial charge on any atom is 0.435 e. The minimum absolute atomic E-state index is 0.00782. The molecule has 2 fully saturated rings. The van der Waals surface area contributed by atoms with E-state index >= 15 is 0 Å². The second kappa shape index (κ2) is 19.0. The van der Waals surface area contributed by atoms with Crippen LogP contribution in [0.5, 0.6) is 0 Å². The van der Waals surface area contributed by atoms with Crippen LogP contribution in [0.3, 0.4) is 0 Å². The van der Waals surface area contributed by atoms with Gasteiger partial charge >= 0.3 is 12.1 Å². The summed E-state index contributed by atoms with van der Waals surface area (Å²) in [6.45, 7) is 16.8. The highest BCUT2D eigenvalue weighted by atomic mass is 32.2. The van der Waals surface area contributed by atoms with Crippen molar-refractivity contribution in [3.05, 3.63) is 91.2 Å². The first kappa shape index (κ1) is 44.8. The highest BCUT2D eigenvalue weighted by Crippen LogP contribution is 2.41. The molecule has 0 unspecified atom stereocenters. The van der Waals surface area contributed by atoms with Gasteiger partial charge in [-0.15, -0.1) is 0 Å². The first-order chi connectivity index (χ1) is 26.7. The fourth-order valence-corrected chi connectivity index (χ4v) is 8.36. The molecule has 0 radical (unpaired) electrons. The van der Waals surface area contributed by atoms with E-state index in [-0.39, 0.29) is 58.0 Å². The molecule has 308 valence electrons. The zero-order chi connectivity index (χ0) is 42.2. The van der Waals surface area contributed by atoms with E-state index < -0.39 is 42.2 Å². The summed E-state index contributed by atoms with van der Waals surface area (Å²) in [5, 5.41) is 21.6. The number of benzene rings is 2. The lowest BCUT2D eigenvalue weighted by molar-refractivity contribution is -0.385. The number of ether oxygens (including phenoxy) is 2. The number of amidine groups is 1. The second-order valence-corrected chi connectivity index (χ2v) is 22.0. The van der Waals surface area contributed by atoms with Gasteiger partial charge in [0.25, 0.3) is 11.4 Å². The Bertz CT molecular complexity index is 1910. The molecule has 0 bridgehead atoms. The fraction of sp³-hybridized carbons (Fsp3) is 0.513. The van der Waals surface area contributed by atoms with Gasteiger partial charge in [-0.3, -0.25) is 29.8 Å². The molecule has 2 saturated heterocycles. The number of rotatable bonds is 15. The van der Waals surface area contributed by atoms with Crippen LogP contribution in [-0.4, -0.2) is 87.9 Å². The molecule has 2 aliphatic heterocycles. The lowest BCUT2D eigenvalue weighted by atomic mass is 9.82. The zero-order valence-electron chi connectivity index (χ0n) is 33.6. The van der Waals surface area contributed by atoms with Gasteiger partial charge < -0.3 is 23.7 Å². The van der Waals surface area contributed by atoms with Crippen molar-refractivity contribution in [2.45, 2.75) is 103 Å². The number of carbonyl (C=O) groups excluding carboxylic acids is 4. The van der Waals surface area contributed by atoms with Crippen LogP contribution in [0.25, 0.3) is 0 Å². The number of hydrogen-bond donors (Lipinski definition) is 0. The molecular formula is C39H51N5O11SSi. The van der Waals surface area contributed by atoms with E-state index in [1.54, 1.807) is 20.8 Å². The Morgan fingerprint density at radius 1 is 0.912 bits per heavy atom. The number of hydrogen-bond acceptors (Lipinski definition) is 12. The second-order valence-electron chi connectivity index (χ2n) is 15.8. The summed E-state index contributed by atoms with van der Waals surface area (Å²) >= 11 is 1.17. The number of likely N-dealkylation sites (tertiary alicyclic amines) is 2. The third-order valence-electron chi connectivity index (χ3n) is 10.5. The standard InChI is InChI=1S/C39H51N5O11SSi/c1-25(2)35(37(47)53-23-27-9-13-29(14-10-27)43(49)50)42-33(32(36(42)46)18-20-55-57(7,8)39(4,5)6)21-34(45)56-31-17-19-41(22-31)26(3)40-38(48)54-24-28-11-15-30(16-12-28)44(51)52/h9-16,31-33H,17-24H2,1-8H3/t31-,32-,33+/m0/s1. The number of aliphatic imine (C=N–C) groups is 1. The number of amides is 2. The number of carbonyl (C=O) groups is 4. The van der Waals surface area contributed by atoms with Gasteiger partial charge in [-0.2, -0.15) is 4.99 Å². The van der Waals surface area contributed by atoms with Crippen molar-refractivity contribution >= 4 is 60.4 Å². The summed E-state index contributed by atoms with van der Waals surface area (Å²) in [4.78, 5) is 81.7. The molecule has 4 rings (SSSR count). The molecule has 18 heteroatoms. The molecule has 0 saturated carbocycles. The van der Waals surface area contributed by atoms with Crippen LogP contribution in [0.2, 0.25) is 18.1 Å². The number of β-lactam (4-membered cyclic amide) rings is 1. The van der Waals surface area contributed by atoms with Gasteiger partial charge in [-0.05, 0) is 92.7 Å². The smallest absolute Gasteiger partial charge is 0.435 e. The number of esters is 1. The normalized spacial score (nSPS) is 18.5. The molecule has 0 N–H and O–H groups in total. The number of allylic oxidation sites excluding steroid dienone is 1. The predicted molar refractivity (Wildman–Crippen MR) is 217 cm³/mol. The van der Waals surface area contributed by atoms with Crippen molar-refractivity contribution in [2.75, 3.05) is 19.7 Å². The van der Waals surface area contributed by atoms with Gasteiger partial charge in [0.15, 0.2) is 13.4 Å². The molecule has 0 spiro atoms. The Hall–Kier alpha value is -4.94. The number of nitro groups is 2. The van der Waals surface area contributed by atoms with Gasteiger partial charge in [-0.25, -0.2) is 9.59 Å². The molecule has 2 heterocycles. The van der Waals surface area contributed by atoms with Gasteiger partial charge in [-0.1, -0.05) is 32.5 Å². The SMILES string of the molecule is CC(=NC(=O)OCc1ccc([N+](=O)[O-])cc1)N1CC[C@H](SC(=O)C[C@@H]2[C@H](CCO[Si](C)(C)C(C)(C)C)C(=O)N2C(C(=O)OCc2ccc([N+](=O)[O-])cc2)=C(C)C)C1. The molecule has 16 nitrogen and oxygen atoms in total. The molecule has 2 amide bonds. The van der Waals surface area contributed by atoms with Gasteiger partial charge in [0, 0.05) is 55.6 Å². The largest absolute Gasteiger partial charge is 0.456 e. The summed E-state index contributed by atoms with van der Waals surface area (Å²) in [5.74, 6) is -1.16. The van der Waals surface area contributed by atoms with E-state index in [0.29, 0.717) is 55.1 Å². The molecule has 0 aromatic heterocycles. The molecule has 2 aliphatic rings. The molecule has 2 aromatic carbocycles. The van der Waals surface area contributed by atoms with Crippen LogP contribution in [0.4, 0.5) is 16.2 Å². The maximum absolute atomic E-state index is 13.8. The van der Waals surface area contributed by atoms with Crippen molar-refractivity contribution < 1.29 is 42.9 Å². The third-order valence-corrected chi connectivity index (χ3v) is 16.2. The van der Waals surface area contributed by atoms with Gasteiger partial charge in [0.1, 0.15) is 24.7 Å². The summed E-state index contributed by atoms with van der Waals surface area (Å²) in [6.07, 6.45) is 0.210. The number of thioether (sulfide) groups is 1. The fourth-order valence-electron chi connectivity index (χ4n) is 6.18. The van der Waals surface area contributed by atoms with Crippen LogP contribution < -0.4 is 0 Å². The molecule has 57 heavy (non-hydrogen) atoms. The van der Waals surface area contributed by atoms with Crippen LogP contribution in [0.15, 0.2) is 64.8 Å². The van der Waals surface area contributed by atoms with Crippen molar-refractivity contribution in [3.63, 3.8) is 0 Å². The summed E-state index contributed by atoms with van der Waals surface area (Å²) in [5.41, 5.74) is 1.54. The molecule has 0 aliphatic carbocycles. The summed E-state index contributed by atoms with van der Waals surface area (Å²) < 4.78 is 17.2. The van der Waals surface area contributed by atoms with E-state index in [2.05, 4.69) is 38.9 Å². The Kier molecular flexibility index (Phi) is 14.9. The first-order valence-electron chi connectivity index (χ1n) is 18.6. The Morgan fingerprint density at radius 3 is 1.96 bits per heavy atom. The van der Waals surface area contributed by atoms with Crippen LogP contribution >= 0.6 is 11.8 Å². The lowest BCUT2D eigenvalue weighted by Gasteiger charge is -2.48. The monoisotopic (exact) mass is 825 g/mol. The minimum atomic E-state index is -2.12. The average molecular weight is 826 g/mol. The van der Waals surface area contributed by atoms with Crippen LogP contribution in [-0.2, 0) is 41.5 Å². The van der Waals surface area contributed by atoms with E-state index in [1.165, 1.54) is 65.2 Å². The quantitative estimate of drug-likeness (QED) is 0.0249. The topological polar surface area (TPSA) is 201 Å². The van der Waals surface area contributed by atoms with E-state index in [1.807, 2.05) is 4.90 Å². The predicted octanol–water partition coefficient (Wildman–Crippen LogP) is 7.56. The van der Waals surface area contributed by atoms with Crippen molar-refractivity contribution in [2.24, 2.45) is 10.9 Å². The number of nitrogens with zero attached hydrogens (tertiary/aromatic N) is 5. The highest BCUT2D eigenvalue weighted by molar-refractivity contribution is 8.14. The van der Waals surface area contributed by atoms with E-state index in [9.17, 15) is 39.4 Å². The Balaban J connectivity index is 1.40. The van der Waals surface area contributed by atoms with Crippen LogP contribution in [0.1, 0.15) is 71.9 Å². The first-order valence-corrected chi connectivity index (χ1v) is 22.4. The summed E-state index contributed by atoms with van der Waals surface area (Å²) in [7, 11) is -2.12. The van der Waals surface area contributed by atoms with E-state index in [0.717, 1.165) is 0 Å². The minimum Gasteiger partial charge on any atom is -0.456 e. The Labute approximate surface area is 337 Å². The summed E-state index contributed by atoms with van der Waals surface area (Å²) in [6, 6.07) is 10.7. The molecular weight excluding hydrogens is 775 g/mol. The van der Waals surface area contributed by atoms with Gasteiger partial charge in [0.05, 0.1) is 21.8 Å². The van der Waals surface area contributed by atoms with Crippen molar-refractivity contribution in [1.29, 1.82) is 0 Å². The zero-order valence-corrected chi connectivity index (χ0v) is 35.5. The average Bonchev–Trinajstić information content (AvgIpc) is 3.61. The Morgan fingerprint density at radius 2 is 1.46 bits per heavy atom. The van der Waals surface area contributed by atoms with Crippen LogP contribution in [0, 0.1) is 26.1 Å².